The van der Waals surface area contributed by atoms with E-state index in [9.17, 15) is 9.18 Å². The second kappa shape index (κ2) is 6.30. The fraction of sp³-hybridized carbons (Fsp3) is 0.286. The van der Waals surface area contributed by atoms with Crippen LogP contribution in [0, 0.1) is 5.82 Å². The van der Waals surface area contributed by atoms with Crippen molar-refractivity contribution in [2.75, 3.05) is 0 Å². The van der Waals surface area contributed by atoms with Gasteiger partial charge in [-0.1, -0.05) is 30.3 Å². The Morgan fingerprint density at radius 1 is 1.07 bits per heavy atom. The van der Waals surface area contributed by atoms with Crippen molar-refractivity contribution in [2.45, 2.75) is 37.6 Å². The maximum Gasteiger partial charge on any atom is 0.291 e. The molecule has 1 heterocycles. The second-order valence-electron chi connectivity index (χ2n) is 7.19. The molecule has 1 atom stereocenters. The molecular formula is C21H19FN4O. The van der Waals surface area contributed by atoms with Gasteiger partial charge in [-0.15, -0.1) is 5.10 Å². The summed E-state index contributed by atoms with van der Waals surface area (Å²) in [6.45, 7) is 0. The van der Waals surface area contributed by atoms with Crippen molar-refractivity contribution in [1.82, 2.24) is 20.1 Å². The Balaban J connectivity index is 1.43. The maximum absolute atomic E-state index is 13.9. The lowest BCUT2D eigenvalue weighted by Gasteiger charge is -2.12. The summed E-state index contributed by atoms with van der Waals surface area (Å²) in [6.07, 6.45) is 3.47. The summed E-state index contributed by atoms with van der Waals surface area (Å²) in [5.74, 6) is 0.857. The van der Waals surface area contributed by atoms with Crippen LogP contribution in [0.4, 0.5) is 4.39 Å². The van der Waals surface area contributed by atoms with Crippen LogP contribution in [-0.2, 0) is 6.42 Å². The molecule has 0 bridgehead atoms. The van der Waals surface area contributed by atoms with E-state index >= 15 is 0 Å². The molecule has 5 rings (SSSR count). The largest absolute Gasteiger partial charge is 0.342 e. The summed E-state index contributed by atoms with van der Waals surface area (Å²) < 4.78 is 15.7. The molecule has 6 heteroatoms. The SMILES string of the molecule is O=C(NC1CCc2c(F)cccc21)c1nc(C2CC2)n(-c2ccccc2)n1. The molecule has 1 saturated carbocycles. The third-order valence-electron chi connectivity index (χ3n) is 5.30. The molecule has 0 radical (unpaired) electrons. The summed E-state index contributed by atoms with van der Waals surface area (Å²) in [4.78, 5) is 17.3. The first-order chi connectivity index (χ1) is 13.2. The van der Waals surface area contributed by atoms with E-state index in [1.54, 1.807) is 10.7 Å². The molecule has 1 fully saturated rings. The highest BCUT2D eigenvalue weighted by atomic mass is 19.1. The topological polar surface area (TPSA) is 59.8 Å². The van der Waals surface area contributed by atoms with Crippen LogP contribution in [0.3, 0.4) is 0 Å². The number of aromatic nitrogens is 3. The van der Waals surface area contributed by atoms with Gasteiger partial charge in [0.1, 0.15) is 11.6 Å². The van der Waals surface area contributed by atoms with Crippen molar-refractivity contribution in [3.05, 3.63) is 77.1 Å². The lowest BCUT2D eigenvalue weighted by atomic mass is 10.1. The van der Waals surface area contributed by atoms with Crippen molar-refractivity contribution < 1.29 is 9.18 Å². The quantitative estimate of drug-likeness (QED) is 0.770. The van der Waals surface area contributed by atoms with E-state index in [1.165, 1.54) is 6.07 Å². The first-order valence-corrected chi connectivity index (χ1v) is 9.31. The van der Waals surface area contributed by atoms with Crippen molar-refractivity contribution in [2.24, 2.45) is 0 Å². The number of carbonyl (C=O) groups excluding carboxylic acids is 1. The fourth-order valence-corrected chi connectivity index (χ4v) is 3.77. The van der Waals surface area contributed by atoms with E-state index in [4.69, 9.17) is 0 Å². The zero-order valence-corrected chi connectivity index (χ0v) is 14.7. The molecule has 27 heavy (non-hydrogen) atoms. The maximum atomic E-state index is 13.9. The summed E-state index contributed by atoms with van der Waals surface area (Å²) in [5, 5.41) is 7.46. The van der Waals surface area contributed by atoms with Crippen LogP contribution in [-0.4, -0.2) is 20.7 Å². The number of hydrogen-bond donors (Lipinski definition) is 1. The number of para-hydroxylation sites is 1. The van der Waals surface area contributed by atoms with E-state index < -0.39 is 0 Å². The Morgan fingerprint density at radius 3 is 2.67 bits per heavy atom. The third kappa shape index (κ3) is 2.91. The normalized spacial score (nSPS) is 18.3. The number of fused-ring (bicyclic) bond motifs is 1. The average molecular weight is 362 g/mol. The van der Waals surface area contributed by atoms with Crippen molar-refractivity contribution >= 4 is 5.91 Å². The summed E-state index contributed by atoms with van der Waals surface area (Å²) >= 11 is 0. The number of nitrogens with zero attached hydrogens (tertiary/aromatic N) is 3. The van der Waals surface area contributed by atoms with Gasteiger partial charge in [-0.2, -0.15) is 0 Å². The molecule has 2 aliphatic carbocycles. The fourth-order valence-electron chi connectivity index (χ4n) is 3.77. The monoisotopic (exact) mass is 362 g/mol. The third-order valence-corrected chi connectivity index (χ3v) is 5.30. The van der Waals surface area contributed by atoms with E-state index in [0.29, 0.717) is 24.3 Å². The molecule has 0 saturated heterocycles. The minimum absolute atomic E-state index is 0.172. The minimum atomic E-state index is -0.311. The molecular weight excluding hydrogens is 343 g/mol. The molecule has 0 aliphatic heterocycles. The van der Waals surface area contributed by atoms with Gasteiger partial charge in [-0.3, -0.25) is 4.79 Å². The first-order valence-electron chi connectivity index (χ1n) is 9.31. The van der Waals surface area contributed by atoms with Gasteiger partial charge < -0.3 is 5.32 Å². The zero-order valence-electron chi connectivity index (χ0n) is 14.7. The summed E-state index contributed by atoms with van der Waals surface area (Å²) in [6, 6.07) is 14.6. The van der Waals surface area contributed by atoms with Crippen LogP contribution >= 0.6 is 0 Å². The molecule has 1 amide bonds. The standard InChI is InChI=1S/C21H19FN4O/c22-17-8-4-7-16-15(17)11-12-18(16)23-21(27)19-24-20(13-9-10-13)26(25-19)14-5-2-1-3-6-14/h1-8,13,18H,9-12H2,(H,23,27). The van der Waals surface area contributed by atoms with E-state index in [2.05, 4.69) is 15.4 Å². The van der Waals surface area contributed by atoms with Gasteiger partial charge in [0.15, 0.2) is 0 Å². The van der Waals surface area contributed by atoms with Crippen molar-refractivity contribution in [3.63, 3.8) is 0 Å². The predicted octanol–water partition coefficient (Wildman–Crippen LogP) is 3.70. The number of halogens is 1. The van der Waals surface area contributed by atoms with E-state index in [-0.39, 0.29) is 23.6 Å². The van der Waals surface area contributed by atoms with Gasteiger partial charge >= 0.3 is 0 Å². The Labute approximate surface area is 156 Å². The Hall–Kier alpha value is -3.02. The zero-order chi connectivity index (χ0) is 18.4. The lowest BCUT2D eigenvalue weighted by molar-refractivity contribution is 0.0926. The lowest BCUT2D eigenvalue weighted by Crippen LogP contribution is -2.28. The number of rotatable bonds is 4. The van der Waals surface area contributed by atoms with Gasteiger partial charge in [0, 0.05) is 5.92 Å². The second-order valence-corrected chi connectivity index (χ2v) is 7.19. The van der Waals surface area contributed by atoms with Crippen LogP contribution in [0.5, 0.6) is 0 Å². The van der Waals surface area contributed by atoms with E-state index in [1.807, 2.05) is 36.4 Å². The molecule has 1 N–H and O–H groups in total. The van der Waals surface area contributed by atoms with Crippen LogP contribution in [0.1, 0.15) is 58.8 Å². The molecule has 3 aromatic rings. The van der Waals surface area contributed by atoms with Gasteiger partial charge in [0.05, 0.1) is 11.7 Å². The Morgan fingerprint density at radius 2 is 1.89 bits per heavy atom. The smallest absolute Gasteiger partial charge is 0.291 e. The molecule has 1 unspecified atom stereocenters. The Bertz CT molecular complexity index is 1010. The number of amides is 1. The highest BCUT2D eigenvalue weighted by Crippen LogP contribution is 2.40. The van der Waals surface area contributed by atoms with Crippen LogP contribution in [0.15, 0.2) is 48.5 Å². The molecule has 2 aliphatic rings. The molecule has 5 nitrogen and oxygen atoms in total. The van der Waals surface area contributed by atoms with Gasteiger partial charge in [-0.05, 0) is 55.0 Å². The van der Waals surface area contributed by atoms with Crippen molar-refractivity contribution in [3.8, 4) is 5.69 Å². The summed E-state index contributed by atoms with van der Waals surface area (Å²) in [7, 11) is 0. The van der Waals surface area contributed by atoms with E-state index in [0.717, 1.165) is 29.9 Å². The Kier molecular flexibility index (Phi) is 3.77. The molecule has 1 aromatic heterocycles. The average Bonchev–Trinajstić information content (AvgIpc) is 3.30. The van der Waals surface area contributed by atoms with Crippen molar-refractivity contribution in [1.29, 1.82) is 0 Å². The van der Waals surface area contributed by atoms with Gasteiger partial charge in [0.2, 0.25) is 5.82 Å². The molecule has 0 spiro atoms. The minimum Gasteiger partial charge on any atom is -0.342 e. The van der Waals surface area contributed by atoms with Crippen LogP contribution in [0.25, 0.3) is 5.69 Å². The predicted molar refractivity (Wildman–Crippen MR) is 98.3 cm³/mol. The summed E-state index contributed by atoms with van der Waals surface area (Å²) in [5.41, 5.74) is 2.46. The molecule has 136 valence electrons. The van der Waals surface area contributed by atoms with Crippen LogP contribution < -0.4 is 5.32 Å². The van der Waals surface area contributed by atoms with Crippen LogP contribution in [0.2, 0.25) is 0 Å². The highest BCUT2D eigenvalue weighted by Gasteiger charge is 2.33. The first kappa shape index (κ1) is 16.2. The number of nitrogens with one attached hydrogen (secondary N) is 1. The van der Waals surface area contributed by atoms with Gasteiger partial charge in [0.25, 0.3) is 5.91 Å². The number of carbonyl (C=O) groups is 1. The number of hydrogen-bond acceptors (Lipinski definition) is 3. The molecule has 2 aromatic carbocycles. The number of benzene rings is 2. The van der Waals surface area contributed by atoms with Gasteiger partial charge in [-0.25, -0.2) is 14.1 Å². The highest BCUT2D eigenvalue weighted by molar-refractivity contribution is 5.90.